The highest BCUT2D eigenvalue weighted by molar-refractivity contribution is 5.86. The van der Waals surface area contributed by atoms with Crippen LogP contribution in [0, 0.1) is 5.82 Å². The highest BCUT2D eigenvalue weighted by Gasteiger charge is 2.37. The van der Waals surface area contributed by atoms with Gasteiger partial charge in [0, 0.05) is 36.6 Å². The van der Waals surface area contributed by atoms with Crippen LogP contribution in [0.3, 0.4) is 0 Å². The van der Waals surface area contributed by atoms with E-state index in [0.717, 1.165) is 29.2 Å². The van der Waals surface area contributed by atoms with E-state index in [4.69, 9.17) is 0 Å². The summed E-state index contributed by atoms with van der Waals surface area (Å²) >= 11 is 0. The Morgan fingerprint density at radius 1 is 1.10 bits per heavy atom. The molecule has 3 aromatic heterocycles. The summed E-state index contributed by atoms with van der Waals surface area (Å²) in [5, 5.41) is 7.67. The third-order valence-corrected chi connectivity index (χ3v) is 6.02. The van der Waals surface area contributed by atoms with Crippen molar-refractivity contribution in [1.82, 2.24) is 24.7 Å². The van der Waals surface area contributed by atoms with Crippen molar-refractivity contribution in [3.05, 3.63) is 80.6 Å². The van der Waals surface area contributed by atoms with Crippen LogP contribution in [0.2, 0.25) is 0 Å². The minimum absolute atomic E-state index is 0.0793. The highest BCUT2D eigenvalue weighted by atomic mass is 19.4. The first-order valence-corrected chi connectivity index (χ1v) is 11.8. The molecule has 4 aromatic rings. The van der Waals surface area contributed by atoms with Crippen molar-refractivity contribution in [3.63, 3.8) is 0 Å². The fourth-order valence-corrected chi connectivity index (χ4v) is 4.13. The molecule has 1 aromatic carbocycles. The number of nitrogens with zero attached hydrogens (tertiary/aromatic N) is 4. The first kappa shape index (κ1) is 28.7. The van der Waals surface area contributed by atoms with Gasteiger partial charge < -0.3 is 9.88 Å². The smallest absolute Gasteiger partial charge is 0.381 e. The number of aromatic amines is 1. The quantitative estimate of drug-likeness (QED) is 0.277. The normalized spacial score (nSPS) is 14.2. The van der Waals surface area contributed by atoms with E-state index in [0.29, 0.717) is 0 Å². The van der Waals surface area contributed by atoms with Gasteiger partial charge in [0.25, 0.3) is 11.1 Å². The molecule has 0 aliphatic heterocycles. The monoisotopic (exact) mass is 570 g/mol. The predicted octanol–water partition coefficient (Wildman–Crippen LogP) is 4.91. The molecular weight excluding hydrogens is 549 g/mol. The van der Waals surface area contributed by atoms with E-state index in [1.165, 1.54) is 25.3 Å². The van der Waals surface area contributed by atoms with Gasteiger partial charge in [0.15, 0.2) is 12.0 Å². The van der Waals surface area contributed by atoms with Crippen LogP contribution in [0.15, 0.2) is 52.6 Å². The van der Waals surface area contributed by atoms with Crippen LogP contribution in [-0.2, 0) is 12.7 Å². The molecule has 3 heterocycles. The van der Waals surface area contributed by atoms with E-state index in [2.05, 4.69) is 20.4 Å². The van der Waals surface area contributed by atoms with Crippen LogP contribution < -0.4 is 16.4 Å². The van der Waals surface area contributed by atoms with Crippen LogP contribution in [0.4, 0.5) is 36.4 Å². The Balaban J connectivity index is 1.51. The van der Waals surface area contributed by atoms with E-state index in [-0.39, 0.29) is 34.1 Å². The van der Waals surface area contributed by atoms with Crippen LogP contribution in [0.1, 0.15) is 30.6 Å². The predicted molar refractivity (Wildman–Crippen MR) is 131 cm³/mol. The Morgan fingerprint density at radius 3 is 2.45 bits per heavy atom. The van der Waals surface area contributed by atoms with E-state index in [1.807, 2.05) is 0 Å². The Hall–Kier alpha value is -4.30. The molecule has 3 atom stereocenters. The largest absolute Gasteiger partial charge is 0.423 e. The molecule has 0 aliphatic carbocycles. The van der Waals surface area contributed by atoms with Gasteiger partial charge in [-0.2, -0.15) is 18.3 Å². The lowest BCUT2D eigenvalue weighted by Crippen LogP contribution is -2.30. The summed E-state index contributed by atoms with van der Waals surface area (Å²) in [6.07, 6.45) is -4.82. The van der Waals surface area contributed by atoms with E-state index >= 15 is 0 Å². The molecule has 1 unspecified atom stereocenters. The molecule has 212 valence electrons. The van der Waals surface area contributed by atoms with Gasteiger partial charge in [-0.3, -0.25) is 9.59 Å². The molecule has 0 radical (unpaired) electrons. The fourth-order valence-electron chi connectivity index (χ4n) is 4.13. The summed E-state index contributed by atoms with van der Waals surface area (Å²) in [6, 6.07) is 2.76. The molecule has 8 nitrogen and oxygen atoms in total. The molecule has 15 heteroatoms. The molecule has 0 amide bonds. The van der Waals surface area contributed by atoms with Crippen molar-refractivity contribution in [2.24, 2.45) is 0 Å². The molecule has 0 saturated carbocycles. The van der Waals surface area contributed by atoms with E-state index in [9.17, 15) is 40.3 Å². The maximum Gasteiger partial charge on any atom is 0.423 e. The van der Waals surface area contributed by atoms with Gasteiger partial charge in [-0.25, -0.2) is 32.6 Å². The Morgan fingerprint density at radius 2 is 1.80 bits per heavy atom. The summed E-state index contributed by atoms with van der Waals surface area (Å²) in [4.78, 5) is 32.2. The van der Waals surface area contributed by atoms with E-state index < -0.39 is 66.0 Å². The average molecular weight is 570 g/mol. The van der Waals surface area contributed by atoms with Gasteiger partial charge in [-0.1, -0.05) is 0 Å². The molecule has 0 spiro atoms. The van der Waals surface area contributed by atoms with Crippen molar-refractivity contribution in [3.8, 4) is 11.4 Å². The zero-order valence-corrected chi connectivity index (χ0v) is 20.6. The maximum absolute atomic E-state index is 14.9. The topological polar surface area (TPSA) is 106 Å². The van der Waals surface area contributed by atoms with Gasteiger partial charge in [0.2, 0.25) is 0 Å². The average Bonchev–Trinajstić information content (AvgIpc) is 2.89. The summed E-state index contributed by atoms with van der Waals surface area (Å²) in [5.74, 6) is -0.994. The van der Waals surface area contributed by atoms with Crippen LogP contribution in [0.5, 0.6) is 0 Å². The highest BCUT2D eigenvalue weighted by Crippen LogP contribution is 2.32. The number of nitrogens with one attached hydrogen (secondary N) is 2. The first-order valence-electron chi connectivity index (χ1n) is 11.8. The number of alkyl halides is 6. The molecule has 0 aliphatic rings. The second kappa shape index (κ2) is 11.4. The first-order chi connectivity index (χ1) is 18.9. The lowest BCUT2D eigenvalue weighted by molar-refractivity contribution is -0.138. The van der Waals surface area contributed by atoms with Gasteiger partial charge in [0.1, 0.15) is 24.2 Å². The number of hydrogen-bond donors (Lipinski definition) is 2. The number of anilines is 1. The summed E-state index contributed by atoms with van der Waals surface area (Å²) < 4.78 is 96.4. The van der Waals surface area contributed by atoms with Crippen LogP contribution in [0.25, 0.3) is 22.2 Å². The Kier molecular flexibility index (Phi) is 8.21. The van der Waals surface area contributed by atoms with Crippen molar-refractivity contribution >= 4 is 16.5 Å². The van der Waals surface area contributed by atoms with Crippen molar-refractivity contribution in [1.29, 1.82) is 0 Å². The molecule has 0 saturated heterocycles. The molecular formula is C25H21F7N6O2. The zero-order valence-electron chi connectivity index (χ0n) is 20.6. The van der Waals surface area contributed by atoms with Gasteiger partial charge in [0.05, 0.1) is 29.4 Å². The number of benzene rings is 1. The maximum atomic E-state index is 14.9. The summed E-state index contributed by atoms with van der Waals surface area (Å²) in [5.41, 5.74) is -4.49. The molecule has 2 N–H and O–H groups in total. The number of hydrogen-bond acceptors (Lipinski definition) is 6. The van der Waals surface area contributed by atoms with Crippen LogP contribution >= 0.6 is 0 Å². The number of halogens is 7. The third kappa shape index (κ3) is 6.13. The number of pyridine rings is 1. The molecule has 0 fully saturated rings. The summed E-state index contributed by atoms with van der Waals surface area (Å²) in [6.45, 7) is -0.347. The molecule has 4 rings (SSSR count). The third-order valence-electron chi connectivity index (χ3n) is 6.02. The Bertz CT molecular complexity index is 1620. The fraction of sp³-hybridized carbons (Fsp3) is 0.320. The zero-order chi connectivity index (χ0) is 29.2. The molecule has 40 heavy (non-hydrogen) atoms. The lowest BCUT2D eigenvalue weighted by atomic mass is 10.1. The van der Waals surface area contributed by atoms with E-state index in [1.54, 1.807) is 5.10 Å². The van der Waals surface area contributed by atoms with Crippen molar-refractivity contribution < 1.29 is 30.7 Å². The second-order valence-electron chi connectivity index (χ2n) is 9.02. The number of aromatic nitrogens is 5. The van der Waals surface area contributed by atoms with Gasteiger partial charge >= 0.3 is 6.18 Å². The standard InChI is InChI=1S/C25H21F7N6O2/c1-12(36-20-10-35-37-23(39)21(20)25(30,31)32)4-15(27)11-38-3-2-13-5-17(18(28)6-16(13)24(38)40)22-33-8-14(9-34-22)19(29)7-26/h2-3,5-6,8-10,12,15,19H,4,7,11H2,1H3,(H2,36,37,39)/t12-,15+,19?/m0/s1. The number of H-pyrrole nitrogens is 1. The summed E-state index contributed by atoms with van der Waals surface area (Å²) in [7, 11) is 0. The minimum Gasteiger partial charge on any atom is -0.381 e. The Labute approximate surface area is 220 Å². The SMILES string of the molecule is C[C@@H](C[C@@H](F)Cn1ccc2cc(-c3ncc(C(F)CF)cn3)c(F)cc2c1=O)Nc1cn[nH]c(=O)c1C(F)(F)F. The van der Waals surface area contributed by atoms with Gasteiger partial charge in [-0.05, 0) is 30.5 Å². The number of rotatable bonds is 9. The molecule has 0 bridgehead atoms. The minimum atomic E-state index is -4.97. The van der Waals surface area contributed by atoms with Gasteiger partial charge in [-0.15, -0.1) is 0 Å². The number of fused-ring (bicyclic) bond motifs is 1. The van der Waals surface area contributed by atoms with Crippen molar-refractivity contribution in [2.45, 2.75) is 44.5 Å². The lowest BCUT2D eigenvalue weighted by Gasteiger charge is -2.20. The van der Waals surface area contributed by atoms with Crippen LogP contribution in [-0.4, -0.2) is 43.6 Å². The van der Waals surface area contributed by atoms with Crippen molar-refractivity contribution in [2.75, 3.05) is 12.0 Å². The second-order valence-corrected chi connectivity index (χ2v) is 9.02.